The number of esters is 1. The van der Waals surface area contributed by atoms with Gasteiger partial charge in [0.1, 0.15) is 17.1 Å². The van der Waals surface area contributed by atoms with Gasteiger partial charge in [-0.05, 0) is 55.7 Å². The third-order valence-corrected chi connectivity index (χ3v) is 6.27. The topological polar surface area (TPSA) is 42.0 Å². The molecule has 5 nitrogen and oxygen atoms in total. The number of carbonyl (C=O) groups is 1. The molecule has 29 heavy (non-hydrogen) atoms. The van der Waals surface area contributed by atoms with E-state index in [0.29, 0.717) is 17.4 Å². The first-order chi connectivity index (χ1) is 14.0. The van der Waals surface area contributed by atoms with Gasteiger partial charge in [0.2, 0.25) is 0 Å². The van der Waals surface area contributed by atoms with Crippen molar-refractivity contribution in [2.75, 3.05) is 32.7 Å². The molecule has 0 amide bonds. The number of nitrogens with zero attached hydrogens (tertiary/aromatic N) is 2. The average Bonchev–Trinajstić information content (AvgIpc) is 2.87. The van der Waals surface area contributed by atoms with Crippen molar-refractivity contribution in [1.82, 2.24) is 4.31 Å². The number of methoxy groups -OCH3 is 2. The lowest BCUT2D eigenvalue weighted by Crippen LogP contribution is -2.35. The monoisotopic (exact) mass is 418 g/mol. The summed E-state index contributed by atoms with van der Waals surface area (Å²) in [6, 6.07) is 10.5. The number of rotatable bonds is 6. The lowest BCUT2D eigenvalue weighted by atomic mass is 10.1. The molecular weight excluding hydrogens is 391 g/mol. The van der Waals surface area contributed by atoms with Crippen LogP contribution in [-0.2, 0) is 4.74 Å². The zero-order valence-corrected chi connectivity index (χ0v) is 18.1. The molecule has 0 N–H and O–H groups in total. The molecule has 7 heteroatoms. The number of fused-ring (bicyclic) bond motifs is 1. The van der Waals surface area contributed by atoms with Crippen molar-refractivity contribution in [3.05, 3.63) is 47.8 Å². The second-order valence-corrected chi connectivity index (χ2v) is 8.23. The molecule has 1 unspecified atom stereocenters. The lowest BCUT2D eigenvalue weighted by molar-refractivity contribution is 0.0597. The number of benzene rings is 2. The summed E-state index contributed by atoms with van der Waals surface area (Å²) in [7, 11) is 4.97. The van der Waals surface area contributed by atoms with Crippen LogP contribution in [0.2, 0.25) is 0 Å². The standard InChI is InChI=1S/C22H27FN2O3S/c1-5-6-7-17-14-25(16-10-8-15(23)9-11-16)19-13-20(27-3)18(22(26)28-4)12-21(19)29-24(17)2/h8-13,17H,5-7,14H2,1-4H3. The fraction of sp³-hybridized carbons (Fsp3) is 0.409. The third-order valence-electron chi connectivity index (χ3n) is 5.16. The summed E-state index contributed by atoms with van der Waals surface area (Å²) >= 11 is 1.61. The highest BCUT2D eigenvalue weighted by atomic mass is 32.2. The Hall–Kier alpha value is -2.25. The van der Waals surface area contributed by atoms with Crippen molar-refractivity contribution >= 4 is 29.3 Å². The van der Waals surface area contributed by atoms with Crippen molar-refractivity contribution in [3.63, 3.8) is 0 Å². The molecule has 1 aliphatic rings. The highest BCUT2D eigenvalue weighted by molar-refractivity contribution is 7.97. The summed E-state index contributed by atoms with van der Waals surface area (Å²) in [6.45, 7) is 2.94. The maximum absolute atomic E-state index is 13.5. The molecule has 0 aliphatic carbocycles. The number of hydrogen-bond donors (Lipinski definition) is 0. The van der Waals surface area contributed by atoms with E-state index in [1.807, 2.05) is 12.1 Å². The highest BCUT2D eigenvalue weighted by Crippen LogP contribution is 2.44. The zero-order chi connectivity index (χ0) is 21.0. The summed E-state index contributed by atoms with van der Waals surface area (Å²) in [6.07, 6.45) is 3.30. The quantitative estimate of drug-likeness (QED) is 0.470. The van der Waals surface area contributed by atoms with Crippen LogP contribution in [0.5, 0.6) is 5.75 Å². The van der Waals surface area contributed by atoms with E-state index in [1.54, 1.807) is 24.1 Å². The van der Waals surface area contributed by atoms with Gasteiger partial charge in [0.25, 0.3) is 0 Å². The number of unbranched alkanes of at least 4 members (excludes halogenated alkanes) is 1. The molecule has 0 saturated heterocycles. The Morgan fingerprint density at radius 2 is 1.97 bits per heavy atom. The molecular formula is C22H27FN2O3S. The van der Waals surface area contributed by atoms with Crippen LogP contribution in [0.25, 0.3) is 0 Å². The molecule has 0 bridgehead atoms. The van der Waals surface area contributed by atoms with Gasteiger partial charge >= 0.3 is 5.97 Å². The van der Waals surface area contributed by atoms with Crippen molar-refractivity contribution in [1.29, 1.82) is 0 Å². The molecule has 0 radical (unpaired) electrons. The Labute approximate surface area is 175 Å². The Morgan fingerprint density at radius 1 is 1.24 bits per heavy atom. The van der Waals surface area contributed by atoms with E-state index in [0.717, 1.165) is 42.1 Å². The van der Waals surface area contributed by atoms with E-state index in [-0.39, 0.29) is 5.82 Å². The minimum Gasteiger partial charge on any atom is -0.496 e. The van der Waals surface area contributed by atoms with E-state index >= 15 is 0 Å². The summed E-state index contributed by atoms with van der Waals surface area (Å²) in [4.78, 5) is 15.4. The predicted molar refractivity (Wildman–Crippen MR) is 115 cm³/mol. The first-order valence-electron chi connectivity index (χ1n) is 9.72. The van der Waals surface area contributed by atoms with Gasteiger partial charge in [-0.2, -0.15) is 0 Å². The van der Waals surface area contributed by atoms with Gasteiger partial charge in [0.15, 0.2) is 0 Å². The van der Waals surface area contributed by atoms with Crippen LogP contribution in [0.15, 0.2) is 41.3 Å². The molecule has 1 atom stereocenters. The van der Waals surface area contributed by atoms with Crippen LogP contribution in [-0.4, -0.2) is 44.1 Å². The van der Waals surface area contributed by atoms with Crippen molar-refractivity contribution in [2.45, 2.75) is 37.1 Å². The molecule has 0 fully saturated rings. The molecule has 2 aromatic rings. The SMILES string of the molecule is CCCCC1CN(c2ccc(F)cc2)c2cc(OC)c(C(=O)OC)cc2SN1C. The fourth-order valence-electron chi connectivity index (χ4n) is 3.50. The second kappa shape index (κ2) is 9.50. The highest BCUT2D eigenvalue weighted by Gasteiger charge is 2.29. The summed E-state index contributed by atoms with van der Waals surface area (Å²) in [5.41, 5.74) is 2.22. The maximum Gasteiger partial charge on any atom is 0.341 e. The normalized spacial score (nSPS) is 16.9. The molecule has 3 rings (SSSR count). The van der Waals surface area contributed by atoms with Gasteiger partial charge in [0.05, 0.1) is 19.9 Å². The smallest absolute Gasteiger partial charge is 0.341 e. The number of likely N-dealkylation sites (N-methyl/N-ethyl adjacent to an activating group) is 1. The predicted octanol–water partition coefficient (Wildman–Crippen LogP) is 5.27. The lowest BCUT2D eigenvalue weighted by Gasteiger charge is -2.30. The fourth-order valence-corrected chi connectivity index (χ4v) is 4.57. The van der Waals surface area contributed by atoms with E-state index in [4.69, 9.17) is 9.47 Å². The molecule has 0 saturated carbocycles. The molecule has 0 spiro atoms. The van der Waals surface area contributed by atoms with Crippen LogP contribution in [0.1, 0.15) is 36.5 Å². The Bertz CT molecular complexity index is 860. The van der Waals surface area contributed by atoms with E-state index in [1.165, 1.54) is 26.4 Å². The third kappa shape index (κ3) is 4.67. The number of ether oxygens (including phenoxy) is 2. The van der Waals surface area contributed by atoms with Gasteiger partial charge in [-0.3, -0.25) is 0 Å². The van der Waals surface area contributed by atoms with Gasteiger partial charge in [-0.25, -0.2) is 13.5 Å². The van der Waals surface area contributed by atoms with Crippen LogP contribution in [0, 0.1) is 5.82 Å². The number of hydrogen-bond acceptors (Lipinski definition) is 6. The Balaban J connectivity index is 2.12. The van der Waals surface area contributed by atoms with Crippen LogP contribution < -0.4 is 9.64 Å². The van der Waals surface area contributed by atoms with E-state index < -0.39 is 5.97 Å². The number of anilines is 2. The number of halogens is 1. The second-order valence-electron chi connectivity index (χ2n) is 7.03. The number of carbonyl (C=O) groups excluding carboxylic acids is 1. The van der Waals surface area contributed by atoms with Crippen molar-refractivity contribution < 1.29 is 18.7 Å². The van der Waals surface area contributed by atoms with Crippen molar-refractivity contribution in [2.24, 2.45) is 0 Å². The Kier molecular flexibility index (Phi) is 7.03. The van der Waals surface area contributed by atoms with E-state index in [2.05, 4.69) is 23.2 Å². The van der Waals surface area contributed by atoms with Crippen LogP contribution in [0.4, 0.5) is 15.8 Å². The van der Waals surface area contributed by atoms with Crippen LogP contribution in [0.3, 0.4) is 0 Å². The summed E-state index contributed by atoms with van der Waals surface area (Å²) in [5, 5.41) is 0. The van der Waals surface area contributed by atoms with Gasteiger partial charge in [-0.15, -0.1) is 0 Å². The summed E-state index contributed by atoms with van der Waals surface area (Å²) < 4.78 is 26.2. The molecule has 2 aromatic carbocycles. The minimum atomic E-state index is -0.437. The van der Waals surface area contributed by atoms with E-state index in [9.17, 15) is 9.18 Å². The largest absolute Gasteiger partial charge is 0.496 e. The summed E-state index contributed by atoms with van der Waals surface area (Å²) in [5.74, 6) is -0.248. The minimum absolute atomic E-state index is 0.267. The molecule has 156 valence electrons. The van der Waals surface area contributed by atoms with Gasteiger partial charge < -0.3 is 14.4 Å². The zero-order valence-electron chi connectivity index (χ0n) is 17.3. The van der Waals surface area contributed by atoms with Crippen molar-refractivity contribution in [3.8, 4) is 5.75 Å². The maximum atomic E-state index is 13.5. The van der Waals surface area contributed by atoms with Gasteiger partial charge in [0, 0.05) is 29.2 Å². The Morgan fingerprint density at radius 3 is 2.59 bits per heavy atom. The molecule has 0 aromatic heterocycles. The van der Waals surface area contributed by atoms with Gasteiger partial charge in [-0.1, -0.05) is 19.8 Å². The molecule has 1 aliphatic heterocycles. The first-order valence-corrected chi connectivity index (χ1v) is 10.5. The van der Waals surface area contributed by atoms with Crippen LogP contribution >= 0.6 is 11.9 Å². The molecule has 1 heterocycles. The first kappa shape index (κ1) is 21.5. The average molecular weight is 419 g/mol.